The maximum atomic E-state index is 9.40. The maximum Gasteiger partial charge on any atom is 0.252 e. The molecule has 77 heavy (non-hydrogen) atoms. The third-order valence-electron chi connectivity index (χ3n) is 15.9. The Hall–Kier alpha value is -10.1. The Morgan fingerprint density at radius 3 is 1.69 bits per heavy atom. The lowest BCUT2D eigenvalue weighted by molar-refractivity contribution is 0.669. The van der Waals surface area contributed by atoms with Gasteiger partial charge < -0.3 is 18.8 Å². The summed E-state index contributed by atoms with van der Waals surface area (Å²) in [4.78, 5) is 4.89. The summed E-state index contributed by atoms with van der Waals surface area (Å²) in [5.74, 6) is 0. The van der Waals surface area contributed by atoms with E-state index < -0.39 is 0 Å². The van der Waals surface area contributed by atoms with Gasteiger partial charge in [-0.1, -0.05) is 218 Å². The Labute approximate surface area is 452 Å². The van der Waals surface area contributed by atoms with Crippen LogP contribution in [0.5, 0.6) is 0 Å². The third kappa shape index (κ3) is 6.67. The van der Waals surface area contributed by atoms with E-state index in [1.807, 2.05) is 18.2 Å². The van der Waals surface area contributed by atoms with Gasteiger partial charge in [-0.15, -0.1) is 0 Å². The molecule has 358 valence electrons. The second-order valence-electron chi connectivity index (χ2n) is 20.0. The fourth-order valence-corrected chi connectivity index (χ4v) is 12.6. The summed E-state index contributed by atoms with van der Waals surface area (Å²) in [6.45, 7) is -0.379. The van der Waals surface area contributed by atoms with E-state index in [0.717, 1.165) is 123 Å². The van der Waals surface area contributed by atoms with Gasteiger partial charge in [0.1, 0.15) is 5.58 Å². The van der Waals surface area contributed by atoms with Crippen molar-refractivity contribution in [3.63, 3.8) is 0 Å². The van der Waals surface area contributed by atoms with Crippen LogP contribution in [0.25, 0.3) is 93.9 Å². The van der Waals surface area contributed by atoms with E-state index in [1.54, 1.807) is 0 Å². The van der Waals surface area contributed by atoms with Crippen LogP contribution in [0.4, 0.5) is 34.1 Å². The molecule has 0 bridgehead atoms. The zero-order chi connectivity index (χ0) is 54.0. The molecule has 0 saturated heterocycles. The molecule has 0 spiro atoms. The number of rotatable bonds is 7. The summed E-state index contributed by atoms with van der Waals surface area (Å²) in [7, 11) is 0. The standard InChI is InChI=1S/C72H46BN3O/c1-6-22-47(23-7-1)51-38-41-64(58(42-51)50-28-12-4-13-29-50)76-68-44-52(48-24-8-2-9-25-48)43-67-70(68)73(60-40-39-57-56-34-18-21-37-69(56)77-72(57)71(60)76)61-45-59-55-33-17-20-36-63(55)74(53-30-14-5-15-31-53)65(59)46-66(61)75(67)62-35-19-16-32-54(62)49-26-10-3-11-27-49/h1-46H/i18D,21D,34D,37D. The molecule has 0 unspecified atom stereocenters. The molecule has 16 rings (SSSR count). The van der Waals surface area contributed by atoms with Crippen molar-refractivity contribution in [2.24, 2.45) is 0 Å². The van der Waals surface area contributed by atoms with Crippen LogP contribution in [0.3, 0.4) is 0 Å². The molecule has 2 aliphatic heterocycles. The van der Waals surface area contributed by atoms with E-state index in [1.165, 1.54) is 0 Å². The van der Waals surface area contributed by atoms with Gasteiger partial charge in [0.2, 0.25) is 0 Å². The van der Waals surface area contributed by atoms with Crippen LogP contribution in [-0.4, -0.2) is 11.3 Å². The molecular formula is C72H46BN3O. The molecule has 0 atom stereocenters. The van der Waals surface area contributed by atoms with Crippen LogP contribution < -0.4 is 26.2 Å². The van der Waals surface area contributed by atoms with E-state index in [2.05, 4.69) is 251 Å². The van der Waals surface area contributed by atoms with Crippen LogP contribution in [-0.2, 0) is 0 Å². The molecule has 0 amide bonds. The van der Waals surface area contributed by atoms with Crippen molar-refractivity contribution in [2.45, 2.75) is 0 Å². The summed E-state index contributed by atoms with van der Waals surface area (Å²) in [5, 5.41) is 3.23. The predicted octanol–water partition coefficient (Wildman–Crippen LogP) is 17.4. The van der Waals surface area contributed by atoms with Crippen molar-refractivity contribution in [1.82, 2.24) is 4.57 Å². The molecule has 2 aliphatic rings. The molecule has 0 saturated carbocycles. The van der Waals surface area contributed by atoms with Gasteiger partial charge in [0, 0.05) is 55.4 Å². The van der Waals surface area contributed by atoms with Crippen molar-refractivity contribution < 1.29 is 9.90 Å². The first-order chi connectivity index (χ1) is 39.9. The van der Waals surface area contributed by atoms with Crippen molar-refractivity contribution >= 4 is 101 Å². The van der Waals surface area contributed by atoms with Gasteiger partial charge in [-0.3, -0.25) is 0 Å². The summed E-state index contributed by atoms with van der Waals surface area (Å²) in [6, 6.07) is 89.9. The first-order valence-corrected chi connectivity index (χ1v) is 26.2. The second-order valence-corrected chi connectivity index (χ2v) is 20.0. The molecule has 4 nitrogen and oxygen atoms in total. The van der Waals surface area contributed by atoms with Crippen LogP contribution in [0, 0.1) is 0 Å². The zero-order valence-electron chi connectivity index (χ0n) is 45.6. The highest BCUT2D eigenvalue weighted by Gasteiger charge is 2.46. The van der Waals surface area contributed by atoms with Crippen LogP contribution in [0.15, 0.2) is 283 Å². The Bertz CT molecular complexity index is 4880. The Balaban J connectivity index is 1.10. The molecule has 0 aliphatic carbocycles. The number of fused-ring (bicyclic) bond motifs is 11. The van der Waals surface area contributed by atoms with Gasteiger partial charge in [0.15, 0.2) is 5.58 Å². The molecule has 5 heteroatoms. The average Bonchev–Trinajstić information content (AvgIpc) is 3.85. The number of aromatic nitrogens is 1. The highest BCUT2D eigenvalue weighted by atomic mass is 16.3. The fraction of sp³-hybridized carbons (Fsp3) is 0. The van der Waals surface area contributed by atoms with E-state index in [-0.39, 0.29) is 36.5 Å². The Morgan fingerprint density at radius 1 is 0.351 bits per heavy atom. The van der Waals surface area contributed by atoms with Crippen LogP contribution in [0.1, 0.15) is 5.48 Å². The molecule has 0 fully saturated rings. The smallest absolute Gasteiger partial charge is 0.252 e. The molecular weight excluding hydrogens is 934 g/mol. The van der Waals surface area contributed by atoms with Gasteiger partial charge in [-0.05, 0) is 110 Å². The zero-order valence-corrected chi connectivity index (χ0v) is 41.6. The quantitative estimate of drug-likeness (QED) is 0.149. The lowest BCUT2D eigenvalue weighted by Gasteiger charge is -2.45. The second kappa shape index (κ2) is 17.2. The summed E-state index contributed by atoms with van der Waals surface area (Å²) in [6.07, 6.45) is 0. The monoisotopic (exact) mass is 983 g/mol. The average molecular weight is 984 g/mol. The molecule has 4 heterocycles. The molecule has 0 N–H and O–H groups in total. The number of furan rings is 1. The molecule has 2 aromatic heterocycles. The largest absolute Gasteiger partial charge is 0.454 e. The van der Waals surface area contributed by atoms with Crippen LogP contribution >= 0.6 is 0 Å². The Morgan fingerprint density at radius 2 is 0.948 bits per heavy atom. The molecule has 14 aromatic rings. The van der Waals surface area contributed by atoms with Gasteiger partial charge in [-0.2, -0.15) is 0 Å². The van der Waals surface area contributed by atoms with E-state index in [9.17, 15) is 2.74 Å². The van der Waals surface area contributed by atoms with Gasteiger partial charge in [0.25, 0.3) is 6.71 Å². The summed E-state index contributed by atoms with van der Waals surface area (Å²) in [5.41, 5.74) is 21.2. The molecule has 0 radical (unpaired) electrons. The summed E-state index contributed by atoms with van der Waals surface area (Å²) < 4.78 is 46.0. The van der Waals surface area contributed by atoms with Crippen molar-refractivity contribution in [3.05, 3.63) is 279 Å². The SMILES string of the molecule is [2H]c1c([2H])c([2H])c2c(oc3c4c(ccc32)B2c3cc5c6ccccc6n(-c6ccccc6)c5cc3N(c3ccccc3-c3ccccc3)c3cc(-c5ccccc5)cc(c32)N4c2ccc(-c3ccccc3)cc2-c2ccccc2)c1[2H]. The van der Waals surface area contributed by atoms with E-state index >= 15 is 0 Å². The number of hydrogen-bond acceptors (Lipinski definition) is 3. The normalized spacial score (nSPS) is 13.3. The lowest BCUT2D eigenvalue weighted by Crippen LogP contribution is -2.61. The molecule has 12 aromatic carbocycles. The minimum atomic E-state index is -0.379. The van der Waals surface area contributed by atoms with Crippen molar-refractivity contribution in [1.29, 1.82) is 0 Å². The minimum absolute atomic E-state index is 0.125. The van der Waals surface area contributed by atoms with Crippen molar-refractivity contribution in [3.8, 4) is 50.2 Å². The topological polar surface area (TPSA) is 24.6 Å². The number of hydrogen-bond donors (Lipinski definition) is 0. The summed E-state index contributed by atoms with van der Waals surface area (Å²) >= 11 is 0. The van der Waals surface area contributed by atoms with E-state index in [4.69, 9.17) is 7.16 Å². The Kier molecular flexibility index (Phi) is 8.82. The maximum absolute atomic E-state index is 9.40. The number of anilines is 6. The predicted molar refractivity (Wildman–Crippen MR) is 324 cm³/mol. The van der Waals surface area contributed by atoms with E-state index in [0.29, 0.717) is 16.4 Å². The van der Waals surface area contributed by atoms with Crippen LogP contribution in [0.2, 0.25) is 0 Å². The van der Waals surface area contributed by atoms with Gasteiger partial charge >= 0.3 is 0 Å². The third-order valence-corrected chi connectivity index (χ3v) is 15.9. The van der Waals surface area contributed by atoms with Gasteiger partial charge in [-0.25, -0.2) is 0 Å². The first kappa shape index (κ1) is 39.4. The first-order valence-electron chi connectivity index (χ1n) is 28.2. The number of nitrogens with zero attached hydrogens (tertiary/aromatic N) is 3. The highest BCUT2D eigenvalue weighted by Crippen LogP contribution is 2.52. The van der Waals surface area contributed by atoms with Gasteiger partial charge in [0.05, 0.1) is 33.6 Å². The minimum Gasteiger partial charge on any atom is -0.454 e. The fourth-order valence-electron chi connectivity index (χ4n) is 12.6. The highest BCUT2D eigenvalue weighted by molar-refractivity contribution is 7.00. The lowest BCUT2D eigenvalue weighted by atomic mass is 9.33. The number of benzene rings is 12. The van der Waals surface area contributed by atoms with Crippen molar-refractivity contribution in [2.75, 3.05) is 9.80 Å². The number of para-hydroxylation sites is 4.